The lowest BCUT2D eigenvalue weighted by molar-refractivity contribution is -0.117. The van der Waals surface area contributed by atoms with E-state index in [1.807, 2.05) is 26.0 Å². The van der Waals surface area contributed by atoms with Crippen LogP contribution in [-0.2, 0) is 4.79 Å². The molecule has 0 amide bonds. The lowest BCUT2D eigenvalue weighted by Crippen LogP contribution is -2.08. The molecular formula is C30H33Cl6NO2S. The third-order valence-electron chi connectivity index (χ3n) is 5.90. The maximum Gasteiger partial charge on any atom is 0.164 e. The van der Waals surface area contributed by atoms with Crippen LogP contribution in [0.3, 0.4) is 0 Å². The number of ketones is 2. The summed E-state index contributed by atoms with van der Waals surface area (Å²) in [5, 5.41) is 3.52. The Balaban J connectivity index is 0.000000305. The van der Waals surface area contributed by atoms with Crippen LogP contribution in [0.1, 0.15) is 79.9 Å². The molecule has 40 heavy (non-hydrogen) atoms. The van der Waals surface area contributed by atoms with Crippen molar-refractivity contribution in [2.24, 2.45) is 5.73 Å². The average Bonchev–Trinajstić information content (AvgIpc) is 2.92. The second kappa shape index (κ2) is 19.3. The van der Waals surface area contributed by atoms with Gasteiger partial charge in [0.1, 0.15) is 5.78 Å². The van der Waals surface area contributed by atoms with E-state index in [-0.39, 0.29) is 29.3 Å². The van der Waals surface area contributed by atoms with Gasteiger partial charge in [0.05, 0.1) is 5.02 Å². The van der Waals surface area contributed by atoms with E-state index in [1.165, 1.54) is 0 Å². The quantitative estimate of drug-likeness (QED) is 0.174. The molecule has 2 atom stereocenters. The lowest BCUT2D eigenvalue weighted by atomic mass is 9.92. The summed E-state index contributed by atoms with van der Waals surface area (Å²) in [6.45, 7) is 5.87. The standard InChI is InChI=1S/C12H14Cl2OS.C9H11Cl2N.C9H8Cl2O/c1-2-8(5-10(15)7-16)11-4-3-9(13)6-12(11)14;2*1-2-9(12)7-4-3-6(10)5-8(7)11/h3-4,6,8,16H,2,5,7H2,1H3;3-5,9H,2,12H2,1H3;3-5H,2H2,1H3. The van der Waals surface area contributed by atoms with Crippen molar-refractivity contribution >= 4 is 93.8 Å². The molecule has 3 nitrogen and oxygen atoms in total. The Morgan fingerprint density at radius 2 is 1.20 bits per heavy atom. The molecule has 2 unspecified atom stereocenters. The Hall–Kier alpha value is -0.950. The van der Waals surface area contributed by atoms with Crippen LogP contribution in [-0.4, -0.2) is 17.3 Å². The molecule has 0 fully saturated rings. The second-order valence-electron chi connectivity index (χ2n) is 8.75. The summed E-state index contributed by atoms with van der Waals surface area (Å²) in [5.74, 6) is 0.615. The Morgan fingerprint density at radius 3 is 1.60 bits per heavy atom. The fourth-order valence-electron chi connectivity index (χ4n) is 3.57. The van der Waals surface area contributed by atoms with Crippen LogP contribution >= 0.6 is 82.2 Å². The van der Waals surface area contributed by atoms with Gasteiger partial charge in [-0.05, 0) is 72.4 Å². The van der Waals surface area contributed by atoms with E-state index in [9.17, 15) is 9.59 Å². The van der Waals surface area contributed by atoms with Crippen molar-refractivity contribution in [3.05, 3.63) is 101 Å². The first-order valence-electron chi connectivity index (χ1n) is 12.6. The van der Waals surface area contributed by atoms with Gasteiger partial charge in [0.2, 0.25) is 0 Å². The van der Waals surface area contributed by atoms with Crippen molar-refractivity contribution in [1.29, 1.82) is 0 Å². The lowest BCUT2D eigenvalue weighted by Gasteiger charge is -2.15. The normalized spacial score (nSPS) is 11.9. The first-order valence-corrected chi connectivity index (χ1v) is 15.5. The monoisotopic (exact) mass is 681 g/mol. The van der Waals surface area contributed by atoms with E-state index in [0.29, 0.717) is 48.5 Å². The van der Waals surface area contributed by atoms with E-state index >= 15 is 0 Å². The molecule has 0 bridgehead atoms. The maximum atomic E-state index is 11.4. The van der Waals surface area contributed by atoms with Gasteiger partial charge >= 0.3 is 0 Å². The zero-order valence-electron chi connectivity index (χ0n) is 22.5. The number of nitrogens with two attached hydrogens (primary N) is 1. The highest BCUT2D eigenvalue weighted by atomic mass is 35.5. The molecule has 0 spiro atoms. The van der Waals surface area contributed by atoms with E-state index in [2.05, 4.69) is 12.6 Å². The minimum Gasteiger partial charge on any atom is -0.324 e. The molecule has 0 saturated heterocycles. The highest BCUT2D eigenvalue weighted by Crippen LogP contribution is 2.32. The Morgan fingerprint density at radius 1 is 0.725 bits per heavy atom. The summed E-state index contributed by atoms with van der Waals surface area (Å²) in [6, 6.07) is 15.7. The number of carbonyl (C=O) groups is 2. The molecule has 0 aliphatic carbocycles. The van der Waals surface area contributed by atoms with Gasteiger partial charge in [0.15, 0.2) is 5.78 Å². The summed E-state index contributed by atoms with van der Waals surface area (Å²) in [6.07, 6.45) is 2.70. The van der Waals surface area contributed by atoms with Crippen LogP contribution < -0.4 is 5.73 Å². The van der Waals surface area contributed by atoms with E-state index in [4.69, 9.17) is 75.3 Å². The molecule has 0 aromatic heterocycles. The van der Waals surface area contributed by atoms with Gasteiger partial charge in [-0.3, -0.25) is 9.59 Å². The van der Waals surface area contributed by atoms with Crippen LogP contribution in [0.4, 0.5) is 0 Å². The number of thiol groups is 1. The van der Waals surface area contributed by atoms with E-state index in [0.717, 1.165) is 24.0 Å². The number of hydrogen-bond donors (Lipinski definition) is 2. The second-order valence-corrected chi connectivity index (χ2v) is 11.6. The summed E-state index contributed by atoms with van der Waals surface area (Å²) < 4.78 is 0. The van der Waals surface area contributed by atoms with Crippen LogP contribution in [0.15, 0.2) is 54.6 Å². The molecule has 0 saturated carbocycles. The first-order chi connectivity index (χ1) is 18.9. The predicted octanol–water partition coefficient (Wildman–Crippen LogP) is 11.4. The minimum atomic E-state index is 0.00904. The number of hydrogen-bond acceptors (Lipinski definition) is 4. The van der Waals surface area contributed by atoms with Gasteiger partial charge in [0.25, 0.3) is 0 Å². The largest absolute Gasteiger partial charge is 0.324 e. The molecule has 2 N–H and O–H groups in total. The average molecular weight is 684 g/mol. The van der Waals surface area contributed by atoms with Crippen molar-refractivity contribution in [3.8, 4) is 0 Å². The number of benzene rings is 3. The summed E-state index contributed by atoms with van der Waals surface area (Å²) in [5.41, 5.74) is 8.31. The fourth-order valence-corrected chi connectivity index (χ4v) is 5.33. The van der Waals surface area contributed by atoms with Crippen molar-refractivity contribution in [3.63, 3.8) is 0 Å². The summed E-state index contributed by atoms with van der Waals surface area (Å²) in [4.78, 5) is 22.6. The molecule has 0 aliphatic heterocycles. The van der Waals surface area contributed by atoms with Crippen molar-refractivity contribution in [1.82, 2.24) is 0 Å². The molecule has 0 aliphatic rings. The van der Waals surface area contributed by atoms with Crippen molar-refractivity contribution in [2.45, 2.75) is 58.4 Å². The molecule has 3 aromatic carbocycles. The zero-order valence-corrected chi connectivity index (χ0v) is 27.9. The van der Waals surface area contributed by atoms with E-state index in [1.54, 1.807) is 49.4 Å². The molecular weight excluding hydrogens is 651 g/mol. The number of rotatable bonds is 9. The van der Waals surface area contributed by atoms with Crippen LogP contribution in [0, 0.1) is 0 Å². The topological polar surface area (TPSA) is 60.2 Å². The highest BCUT2D eigenvalue weighted by Gasteiger charge is 2.16. The Labute approximate surface area is 273 Å². The summed E-state index contributed by atoms with van der Waals surface area (Å²) >= 11 is 39.1. The maximum absolute atomic E-state index is 11.4. The van der Waals surface area contributed by atoms with Gasteiger partial charge in [-0.1, -0.05) is 103 Å². The highest BCUT2D eigenvalue weighted by molar-refractivity contribution is 7.81. The van der Waals surface area contributed by atoms with Gasteiger partial charge in [-0.25, -0.2) is 0 Å². The zero-order chi connectivity index (χ0) is 30.4. The number of Topliss-reactive ketones (excluding diaryl/α,β-unsaturated/α-hetero) is 2. The molecule has 3 aromatic rings. The van der Waals surface area contributed by atoms with Gasteiger partial charge in [-0.2, -0.15) is 12.6 Å². The van der Waals surface area contributed by atoms with Gasteiger partial charge in [-0.15, -0.1) is 0 Å². The first kappa shape index (κ1) is 37.1. The van der Waals surface area contributed by atoms with Crippen LogP contribution in [0.2, 0.25) is 30.1 Å². The number of carbonyl (C=O) groups excluding carboxylic acids is 2. The summed E-state index contributed by atoms with van der Waals surface area (Å²) in [7, 11) is 0. The molecule has 10 heteroatoms. The van der Waals surface area contributed by atoms with Crippen LogP contribution in [0.25, 0.3) is 0 Å². The minimum absolute atomic E-state index is 0.00904. The fraction of sp³-hybridized carbons (Fsp3) is 0.333. The molecule has 3 rings (SSSR count). The van der Waals surface area contributed by atoms with Crippen molar-refractivity contribution < 1.29 is 9.59 Å². The molecule has 0 heterocycles. The third-order valence-corrected chi connectivity index (χ3v) is 7.93. The predicted molar refractivity (Wildman–Crippen MR) is 178 cm³/mol. The number of halogens is 6. The Kier molecular flexibility index (Phi) is 17.9. The molecule has 218 valence electrons. The SMILES string of the molecule is CCC(=O)c1ccc(Cl)cc1Cl.CCC(CC(=O)CS)c1ccc(Cl)cc1Cl.CCC(N)c1ccc(Cl)cc1Cl. The van der Waals surface area contributed by atoms with Gasteiger partial charge < -0.3 is 5.73 Å². The van der Waals surface area contributed by atoms with Crippen molar-refractivity contribution in [2.75, 3.05) is 5.75 Å². The van der Waals surface area contributed by atoms with E-state index < -0.39 is 0 Å². The van der Waals surface area contributed by atoms with Gasteiger partial charge in [0, 0.05) is 55.3 Å². The smallest absolute Gasteiger partial charge is 0.164 e. The Bertz CT molecular complexity index is 1270. The third kappa shape index (κ3) is 12.5. The van der Waals surface area contributed by atoms with Crippen LogP contribution in [0.5, 0.6) is 0 Å². The molecule has 0 radical (unpaired) electrons.